The fourth-order valence-corrected chi connectivity index (χ4v) is 1.10. The second kappa shape index (κ2) is 4.68. The smallest absolute Gasteiger partial charge is 0.159 e. The lowest BCUT2D eigenvalue weighted by Crippen LogP contribution is -2.18. The summed E-state index contributed by atoms with van der Waals surface area (Å²) in [5.41, 5.74) is 0.624. The zero-order valence-corrected chi connectivity index (χ0v) is 7.72. The van der Waals surface area contributed by atoms with E-state index in [1.54, 1.807) is 6.92 Å². The summed E-state index contributed by atoms with van der Waals surface area (Å²) < 4.78 is 25.4. The van der Waals surface area contributed by atoms with Crippen molar-refractivity contribution in [2.75, 3.05) is 6.54 Å². The molecule has 4 heteroatoms. The molecule has 0 aromatic heterocycles. The quantitative estimate of drug-likeness (QED) is 0.752. The summed E-state index contributed by atoms with van der Waals surface area (Å²) in [5.74, 6) is -1.73. The third-order valence-electron chi connectivity index (χ3n) is 1.93. The lowest BCUT2D eigenvalue weighted by molar-refractivity contribution is 0.503. The Morgan fingerprint density at radius 3 is 2.71 bits per heavy atom. The maximum absolute atomic E-state index is 12.8. The van der Waals surface area contributed by atoms with E-state index in [9.17, 15) is 8.78 Å². The van der Waals surface area contributed by atoms with Crippen LogP contribution in [0, 0.1) is 23.0 Å². The maximum atomic E-state index is 12.8. The van der Waals surface area contributed by atoms with Crippen molar-refractivity contribution in [2.45, 2.75) is 13.0 Å². The monoisotopic (exact) mass is 196 g/mol. The van der Waals surface area contributed by atoms with Crippen LogP contribution >= 0.6 is 0 Å². The van der Waals surface area contributed by atoms with E-state index in [0.29, 0.717) is 5.56 Å². The molecule has 1 N–H and O–H groups in total. The molecule has 2 nitrogen and oxygen atoms in total. The first-order valence-electron chi connectivity index (χ1n) is 4.20. The van der Waals surface area contributed by atoms with Crippen molar-refractivity contribution in [3.63, 3.8) is 0 Å². The first-order chi connectivity index (χ1) is 6.65. The van der Waals surface area contributed by atoms with Crippen LogP contribution in [0.15, 0.2) is 18.2 Å². The molecule has 0 heterocycles. The standard InChI is InChI=1S/C10H10F2N2/c1-7(14-5-4-13)8-2-3-9(11)10(12)6-8/h2-3,6-7,14H,5H2,1H3. The minimum atomic E-state index is -0.867. The Morgan fingerprint density at radius 1 is 1.43 bits per heavy atom. The van der Waals surface area contributed by atoms with Gasteiger partial charge in [0.1, 0.15) is 0 Å². The summed E-state index contributed by atoms with van der Waals surface area (Å²) in [4.78, 5) is 0. The number of hydrogen-bond acceptors (Lipinski definition) is 2. The Kier molecular flexibility index (Phi) is 3.55. The predicted molar refractivity (Wildman–Crippen MR) is 48.4 cm³/mol. The molecule has 74 valence electrons. The summed E-state index contributed by atoms with van der Waals surface area (Å²) in [5, 5.41) is 11.2. The zero-order chi connectivity index (χ0) is 10.6. The van der Waals surface area contributed by atoms with Crippen molar-refractivity contribution in [2.24, 2.45) is 0 Å². The van der Waals surface area contributed by atoms with E-state index in [1.807, 2.05) is 6.07 Å². The van der Waals surface area contributed by atoms with Gasteiger partial charge in [0.2, 0.25) is 0 Å². The molecule has 0 saturated heterocycles. The van der Waals surface area contributed by atoms with Crippen molar-refractivity contribution in [3.05, 3.63) is 35.4 Å². The number of nitriles is 1. The van der Waals surface area contributed by atoms with Gasteiger partial charge in [-0.05, 0) is 24.6 Å². The average molecular weight is 196 g/mol. The van der Waals surface area contributed by atoms with Crippen molar-refractivity contribution in [1.29, 1.82) is 5.26 Å². The molecule has 0 aliphatic carbocycles. The normalized spacial score (nSPS) is 12.1. The van der Waals surface area contributed by atoms with Crippen LogP contribution in [0.3, 0.4) is 0 Å². The number of nitrogens with zero attached hydrogens (tertiary/aromatic N) is 1. The van der Waals surface area contributed by atoms with Crippen LogP contribution in [0.1, 0.15) is 18.5 Å². The highest BCUT2D eigenvalue weighted by Crippen LogP contribution is 2.15. The van der Waals surface area contributed by atoms with Gasteiger partial charge in [0.15, 0.2) is 11.6 Å². The molecule has 1 aromatic carbocycles. The minimum Gasteiger partial charge on any atom is -0.298 e. The van der Waals surface area contributed by atoms with Crippen molar-refractivity contribution >= 4 is 0 Å². The van der Waals surface area contributed by atoms with E-state index in [0.717, 1.165) is 12.1 Å². The summed E-state index contributed by atoms with van der Waals surface area (Å²) in [6, 6.07) is 5.45. The number of rotatable bonds is 3. The average Bonchev–Trinajstić information content (AvgIpc) is 2.18. The second-order valence-corrected chi connectivity index (χ2v) is 2.93. The van der Waals surface area contributed by atoms with Crippen molar-refractivity contribution < 1.29 is 8.78 Å². The summed E-state index contributed by atoms with van der Waals surface area (Å²) in [6.45, 7) is 1.96. The van der Waals surface area contributed by atoms with Gasteiger partial charge in [0, 0.05) is 6.04 Å². The lowest BCUT2D eigenvalue weighted by atomic mass is 10.1. The fraction of sp³-hybridized carbons (Fsp3) is 0.300. The largest absolute Gasteiger partial charge is 0.298 e. The van der Waals surface area contributed by atoms with Gasteiger partial charge in [-0.2, -0.15) is 5.26 Å². The van der Waals surface area contributed by atoms with Crippen LogP contribution in [-0.2, 0) is 0 Å². The number of nitrogens with one attached hydrogen (secondary N) is 1. The summed E-state index contributed by atoms with van der Waals surface area (Å²) in [6.07, 6.45) is 0. The molecule has 0 fully saturated rings. The van der Waals surface area contributed by atoms with Gasteiger partial charge in [-0.1, -0.05) is 6.07 Å². The van der Waals surface area contributed by atoms with Gasteiger partial charge in [-0.3, -0.25) is 5.32 Å². The van der Waals surface area contributed by atoms with Gasteiger partial charge in [-0.15, -0.1) is 0 Å². The van der Waals surface area contributed by atoms with Crippen LogP contribution in [0.25, 0.3) is 0 Å². The summed E-state index contributed by atoms with van der Waals surface area (Å²) >= 11 is 0. The van der Waals surface area contributed by atoms with E-state index in [1.165, 1.54) is 6.07 Å². The molecule has 0 saturated carbocycles. The van der Waals surface area contributed by atoms with E-state index >= 15 is 0 Å². The third-order valence-corrected chi connectivity index (χ3v) is 1.93. The second-order valence-electron chi connectivity index (χ2n) is 2.93. The van der Waals surface area contributed by atoms with Crippen molar-refractivity contribution in [1.82, 2.24) is 5.32 Å². The number of halogens is 2. The van der Waals surface area contributed by atoms with Crippen LogP contribution in [0.4, 0.5) is 8.78 Å². The lowest BCUT2D eigenvalue weighted by Gasteiger charge is -2.11. The van der Waals surface area contributed by atoms with Crippen LogP contribution in [-0.4, -0.2) is 6.54 Å². The van der Waals surface area contributed by atoms with Crippen LogP contribution in [0.5, 0.6) is 0 Å². The molecule has 1 aromatic rings. The van der Waals surface area contributed by atoms with Crippen molar-refractivity contribution in [3.8, 4) is 6.07 Å². The highest BCUT2D eigenvalue weighted by molar-refractivity contribution is 5.20. The zero-order valence-electron chi connectivity index (χ0n) is 7.72. The molecule has 0 bridgehead atoms. The highest BCUT2D eigenvalue weighted by atomic mass is 19.2. The van der Waals surface area contributed by atoms with E-state index in [2.05, 4.69) is 5.32 Å². The molecule has 14 heavy (non-hydrogen) atoms. The minimum absolute atomic E-state index is 0.162. The van der Waals surface area contributed by atoms with Gasteiger partial charge >= 0.3 is 0 Å². The molecule has 0 spiro atoms. The molecular weight excluding hydrogens is 186 g/mol. The highest BCUT2D eigenvalue weighted by Gasteiger charge is 2.07. The Balaban J connectivity index is 2.76. The topological polar surface area (TPSA) is 35.8 Å². The third kappa shape index (κ3) is 2.51. The van der Waals surface area contributed by atoms with Gasteiger partial charge in [0.05, 0.1) is 12.6 Å². The predicted octanol–water partition coefficient (Wildman–Crippen LogP) is 2.14. The Labute approximate surface area is 81.2 Å². The maximum Gasteiger partial charge on any atom is 0.159 e. The summed E-state index contributed by atoms with van der Waals surface area (Å²) in [7, 11) is 0. The molecular formula is C10H10F2N2. The molecule has 1 atom stereocenters. The molecule has 0 radical (unpaired) electrons. The van der Waals surface area contributed by atoms with Gasteiger partial charge in [0.25, 0.3) is 0 Å². The van der Waals surface area contributed by atoms with Crippen LogP contribution < -0.4 is 5.32 Å². The molecule has 0 aliphatic rings. The number of hydrogen-bond donors (Lipinski definition) is 1. The van der Waals surface area contributed by atoms with E-state index < -0.39 is 11.6 Å². The Hall–Kier alpha value is -1.47. The fourth-order valence-electron chi connectivity index (χ4n) is 1.10. The van der Waals surface area contributed by atoms with Gasteiger partial charge < -0.3 is 0 Å². The first kappa shape index (κ1) is 10.6. The SMILES string of the molecule is CC(NCC#N)c1ccc(F)c(F)c1. The Morgan fingerprint density at radius 2 is 2.14 bits per heavy atom. The first-order valence-corrected chi connectivity index (χ1v) is 4.20. The molecule has 0 amide bonds. The molecule has 1 rings (SSSR count). The molecule has 1 unspecified atom stereocenters. The number of benzene rings is 1. The molecule has 0 aliphatic heterocycles. The van der Waals surface area contributed by atoms with Crippen LogP contribution in [0.2, 0.25) is 0 Å². The Bertz CT molecular complexity index is 358. The van der Waals surface area contributed by atoms with E-state index in [4.69, 9.17) is 5.26 Å². The van der Waals surface area contributed by atoms with E-state index in [-0.39, 0.29) is 12.6 Å². The van der Waals surface area contributed by atoms with Gasteiger partial charge in [-0.25, -0.2) is 8.78 Å².